The minimum atomic E-state index is -3.46. The maximum Gasteiger partial charge on any atom is 0.245 e. The monoisotopic (exact) mass is 286 g/mol. The molecule has 1 N–H and O–H groups in total. The zero-order valence-corrected chi connectivity index (χ0v) is 12.5. The molecule has 0 radical (unpaired) electrons. The number of aliphatic hydroxyl groups excluding tert-OH is 1. The molecule has 2 unspecified atom stereocenters. The number of hydrogen-bond acceptors (Lipinski definition) is 3. The Morgan fingerprint density at radius 1 is 1.42 bits per heavy atom. The second kappa shape index (κ2) is 5.26. The maximum atomic E-state index is 12.7. The predicted molar refractivity (Wildman–Crippen MR) is 73.1 cm³/mol. The Morgan fingerprint density at radius 2 is 2.11 bits per heavy atom. The van der Waals surface area contributed by atoms with Gasteiger partial charge in [-0.05, 0) is 32.3 Å². The van der Waals surface area contributed by atoms with E-state index in [0.29, 0.717) is 5.69 Å². The van der Waals surface area contributed by atoms with Gasteiger partial charge in [0.2, 0.25) is 10.0 Å². The van der Waals surface area contributed by atoms with Crippen molar-refractivity contribution >= 4 is 10.0 Å². The van der Waals surface area contributed by atoms with E-state index in [2.05, 4.69) is 0 Å². The summed E-state index contributed by atoms with van der Waals surface area (Å²) in [5.41, 5.74) is 0.610. The number of aliphatic hydroxyl groups is 1. The van der Waals surface area contributed by atoms with Gasteiger partial charge in [-0.15, -0.1) is 0 Å². The highest BCUT2D eigenvalue weighted by molar-refractivity contribution is 7.89. The Hall–Kier alpha value is -0.850. The lowest BCUT2D eigenvalue weighted by molar-refractivity contribution is 0.272. The summed E-state index contributed by atoms with van der Waals surface area (Å²) in [6.45, 7) is 3.83. The highest BCUT2D eigenvalue weighted by Gasteiger charge is 2.39. The Kier molecular flexibility index (Phi) is 4.03. The number of nitrogens with zero attached hydrogens (tertiary/aromatic N) is 2. The molecule has 6 heteroatoms. The second-order valence-corrected chi connectivity index (χ2v) is 7.10. The Labute approximate surface area is 114 Å². The van der Waals surface area contributed by atoms with Gasteiger partial charge >= 0.3 is 0 Å². The van der Waals surface area contributed by atoms with Crippen LogP contribution in [-0.2, 0) is 23.7 Å². The molecular weight excluding hydrogens is 264 g/mol. The van der Waals surface area contributed by atoms with Crippen LogP contribution in [0.5, 0.6) is 0 Å². The van der Waals surface area contributed by atoms with Gasteiger partial charge in [0.05, 0.1) is 6.61 Å². The summed E-state index contributed by atoms with van der Waals surface area (Å²) < 4.78 is 28.8. The molecular formula is C13H22N2O3S. The SMILES string of the molecule is CCC1CCC(C)N1S(=O)(=O)c1cc(CO)n(C)c1. The average Bonchev–Trinajstić information content (AvgIpc) is 2.92. The van der Waals surface area contributed by atoms with Crippen LogP contribution in [0.2, 0.25) is 0 Å². The third kappa shape index (κ3) is 2.44. The molecule has 2 heterocycles. The van der Waals surface area contributed by atoms with E-state index in [1.54, 1.807) is 28.2 Å². The molecule has 1 saturated heterocycles. The third-order valence-electron chi connectivity index (χ3n) is 4.00. The van der Waals surface area contributed by atoms with Crippen LogP contribution in [0, 0.1) is 0 Å². The fourth-order valence-electron chi connectivity index (χ4n) is 2.86. The van der Waals surface area contributed by atoms with E-state index in [-0.39, 0.29) is 23.6 Å². The first-order valence-electron chi connectivity index (χ1n) is 6.71. The van der Waals surface area contributed by atoms with E-state index in [0.717, 1.165) is 19.3 Å². The molecule has 1 aliphatic rings. The summed E-state index contributed by atoms with van der Waals surface area (Å²) in [5.74, 6) is 0. The van der Waals surface area contributed by atoms with E-state index < -0.39 is 10.0 Å². The predicted octanol–water partition coefficient (Wildman–Crippen LogP) is 1.47. The first-order chi connectivity index (χ1) is 8.91. The smallest absolute Gasteiger partial charge is 0.245 e. The van der Waals surface area contributed by atoms with Gasteiger partial charge in [0, 0.05) is 31.0 Å². The van der Waals surface area contributed by atoms with Gasteiger partial charge in [-0.2, -0.15) is 4.31 Å². The van der Waals surface area contributed by atoms with E-state index in [1.165, 1.54) is 0 Å². The van der Waals surface area contributed by atoms with E-state index in [1.807, 2.05) is 13.8 Å². The summed E-state index contributed by atoms with van der Waals surface area (Å²) in [6, 6.07) is 1.71. The standard InChI is InChI=1S/C13H22N2O3S/c1-4-11-6-5-10(2)15(11)19(17,18)13-7-12(9-16)14(3)8-13/h7-8,10-11,16H,4-6,9H2,1-3H3. The molecule has 0 spiro atoms. The summed E-state index contributed by atoms with van der Waals surface area (Å²) in [7, 11) is -1.71. The van der Waals surface area contributed by atoms with Crippen LogP contribution >= 0.6 is 0 Å². The molecule has 1 fully saturated rings. The van der Waals surface area contributed by atoms with Crippen molar-refractivity contribution in [2.45, 2.75) is 56.7 Å². The average molecular weight is 286 g/mol. The van der Waals surface area contributed by atoms with Crippen molar-refractivity contribution in [1.29, 1.82) is 0 Å². The van der Waals surface area contributed by atoms with Crippen molar-refractivity contribution in [2.75, 3.05) is 0 Å². The highest BCUT2D eigenvalue weighted by Crippen LogP contribution is 2.32. The number of rotatable bonds is 4. The quantitative estimate of drug-likeness (QED) is 0.911. The molecule has 5 nitrogen and oxygen atoms in total. The van der Waals surface area contributed by atoms with Crippen LogP contribution in [0.4, 0.5) is 0 Å². The molecule has 108 valence electrons. The van der Waals surface area contributed by atoms with E-state index in [4.69, 9.17) is 0 Å². The third-order valence-corrected chi connectivity index (χ3v) is 6.04. The lowest BCUT2D eigenvalue weighted by Crippen LogP contribution is -2.39. The van der Waals surface area contributed by atoms with Gasteiger partial charge in [-0.3, -0.25) is 0 Å². The van der Waals surface area contributed by atoms with Crippen molar-refractivity contribution in [3.05, 3.63) is 18.0 Å². The zero-order chi connectivity index (χ0) is 14.2. The summed E-state index contributed by atoms with van der Waals surface area (Å²) >= 11 is 0. The van der Waals surface area contributed by atoms with Gasteiger partial charge in [0.25, 0.3) is 0 Å². The lowest BCUT2D eigenvalue weighted by atomic mass is 10.2. The summed E-state index contributed by atoms with van der Waals surface area (Å²) in [6.07, 6.45) is 4.26. The van der Waals surface area contributed by atoms with Gasteiger partial charge in [-0.25, -0.2) is 8.42 Å². The molecule has 2 rings (SSSR count). The van der Waals surface area contributed by atoms with E-state index in [9.17, 15) is 13.5 Å². The number of sulfonamides is 1. The number of aryl methyl sites for hydroxylation is 1. The minimum absolute atomic E-state index is 0.0488. The Morgan fingerprint density at radius 3 is 2.63 bits per heavy atom. The Balaban J connectivity index is 2.40. The van der Waals surface area contributed by atoms with Crippen molar-refractivity contribution in [2.24, 2.45) is 7.05 Å². The first-order valence-corrected chi connectivity index (χ1v) is 8.15. The topological polar surface area (TPSA) is 62.5 Å². The van der Waals surface area contributed by atoms with Gasteiger partial charge in [0.15, 0.2) is 0 Å². The number of aromatic nitrogens is 1. The number of hydrogen-bond donors (Lipinski definition) is 1. The molecule has 0 saturated carbocycles. The Bertz CT molecular complexity index is 550. The fourth-order valence-corrected chi connectivity index (χ4v) is 4.91. The molecule has 1 aromatic heterocycles. The van der Waals surface area contributed by atoms with Crippen molar-refractivity contribution in [1.82, 2.24) is 8.87 Å². The van der Waals surface area contributed by atoms with Crippen LogP contribution in [0.3, 0.4) is 0 Å². The van der Waals surface area contributed by atoms with Crippen LogP contribution in [0.15, 0.2) is 17.2 Å². The van der Waals surface area contributed by atoms with Crippen LogP contribution in [-0.4, -0.2) is 34.5 Å². The minimum Gasteiger partial charge on any atom is -0.390 e. The van der Waals surface area contributed by atoms with Crippen LogP contribution < -0.4 is 0 Å². The molecule has 19 heavy (non-hydrogen) atoms. The zero-order valence-electron chi connectivity index (χ0n) is 11.7. The first kappa shape index (κ1) is 14.6. The molecule has 0 amide bonds. The van der Waals surface area contributed by atoms with Gasteiger partial charge in [-0.1, -0.05) is 6.92 Å². The molecule has 1 aliphatic heterocycles. The van der Waals surface area contributed by atoms with Gasteiger partial charge < -0.3 is 9.67 Å². The van der Waals surface area contributed by atoms with Gasteiger partial charge in [0.1, 0.15) is 4.90 Å². The fraction of sp³-hybridized carbons (Fsp3) is 0.692. The maximum absolute atomic E-state index is 12.7. The summed E-state index contributed by atoms with van der Waals surface area (Å²) in [5, 5.41) is 9.18. The summed E-state index contributed by atoms with van der Waals surface area (Å²) in [4.78, 5) is 0.284. The van der Waals surface area contributed by atoms with Crippen LogP contribution in [0.1, 0.15) is 38.8 Å². The lowest BCUT2D eigenvalue weighted by Gasteiger charge is -2.26. The molecule has 2 atom stereocenters. The largest absolute Gasteiger partial charge is 0.390 e. The normalized spacial score (nSPS) is 25.1. The molecule has 1 aromatic rings. The highest BCUT2D eigenvalue weighted by atomic mass is 32.2. The molecule has 0 bridgehead atoms. The van der Waals surface area contributed by atoms with Crippen molar-refractivity contribution in [3.63, 3.8) is 0 Å². The van der Waals surface area contributed by atoms with E-state index >= 15 is 0 Å². The molecule has 0 aromatic carbocycles. The van der Waals surface area contributed by atoms with Crippen LogP contribution in [0.25, 0.3) is 0 Å². The van der Waals surface area contributed by atoms with Crippen molar-refractivity contribution < 1.29 is 13.5 Å². The van der Waals surface area contributed by atoms with Crippen molar-refractivity contribution in [3.8, 4) is 0 Å². The molecule has 0 aliphatic carbocycles. The second-order valence-electron chi connectivity index (χ2n) is 5.26.